The van der Waals surface area contributed by atoms with E-state index < -0.39 is 0 Å². The van der Waals surface area contributed by atoms with Crippen LogP contribution in [0.25, 0.3) is 11.0 Å². The lowest BCUT2D eigenvalue weighted by Crippen LogP contribution is -2.11. The Bertz CT molecular complexity index is 1160. The first-order chi connectivity index (χ1) is 12.9. The molecule has 1 atom stereocenters. The highest BCUT2D eigenvalue weighted by Crippen LogP contribution is 2.38. The van der Waals surface area contributed by atoms with E-state index in [0.717, 1.165) is 16.8 Å². The molecule has 0 fully saturated rings. The fourth-order valence-corrected chi connectivity index (χ4v) is 3.90. The average Bonchev–Trinajstić information content (AvgIpc) is 3.09. The Hall–Kier alpha value is -2.79. The van der Waals surface area contributed by atoms with Crippen molar-refractivity contribution in [2.24, 2.45) is 5.10 Å². The number of rotatable bonds is 2. The van der Waals surface area contributed by atoms with Crippen molar-refractivity contribution in [1.82, 2.24) is 5.43 Å². The highest BCUT2D eigenvalue weighted by molar-refractivity contribution is 6.31. The van der Waals surface area contributed by atoms with Crippen LogP contribution in [0.1, 0.15) is 40.3 Å². The van der Waals surface area contributed by atoms with E-state index in [9.17, 15) is 9.90 Å². The Morgan fingerprint density at radius 3 is 2.70 bits per heavy atom. The van der Waals surface area contributed by atoms with Crippen LogP contribution in [0.3, 0.4) is 0 Å². The van der Waals surface area contributed by atoms with Crippen molar-refractivity contribution in [1.29, 1.82) is 0 Å². The van der Waals surface area contributed by atoms with Crippen LogP contribution in [-0.2, 0) is 0 Å². The summed E-state index contributed by atoms with van der Waals surface area (Å²) in [6, 6.07) is 9.37. The number of hydrogen-bond donors (Lipinski definition) is 2. The SMILES string of the molecule is Cc1cc2oc(=O)c(C)c(C)c2c(O)c1C1=NN[C@H](c2ccccc2Cl)C1. The Morgan fingerprint density at radius 2 is 1.96 bits per heavy atom. The van der Waals surface area contributed by atoms with Crippen LogP contribution >= 0.6 is 11.6 Å². The van der Waals surface area contributed by atoms with Gasteiger partial charge in [0.25, 0.3) is 0 Å². The molecule has 3 aromatic rings. The third kappa shape index (κ3) is 2.79. The second kappa shape index (κ2) is 6.43. The number of halogens is 1. The molecule has 138 valence electrons. The van der Waals surface area contributed by atoms with Crippen molar-refractivity contribution in [3.63, 3.8) is 0 Å². The number of hydrogen-bond acceptors (Lipinski definition) is 5. The largest absolute Gasteiger partial charge is 0.506 e. The smallest absolute Gasteiger partial charge is 0.339 e. The summed E-state index contributed by atoms with van der Waals surface area (Å²) in [4.78, 5) is 12.0. The van der Waals surface area contributed by atoms with E-state index in [1.54, 1.807) is 13.0 Å². The maximum Gasteiger partial charge on any atom is 0.339 e. The molecule has 5 nitrogen and oxygen atoms in total. The monoisotopic (exact) mass is 382 g/mol. The number of phenols is 1. The van der Waals surface area contributed by atoms with E-state index in [0.29, 0.717) is 39.1 Å². The highest BCUT2D eigenvalue weighted by atomic mass is 35.5. The van der Waals surface area contributed by atoms with Crippen molar-refractivity contribution in [2.45, 2.75) is 33.2 Å². The predicted octanol–water partition coefficient (Wildman–Crippen LogP) is 4.52. The molecule has 2 heterocycles. The molecule has 27 heavy (non-hydrogen) atoms. The summed E-state index contributed by atoms with van der Waals surface area (Å²) in [7, 11) is 0. The maximum absolute atomic E-state index is 12.0. The predicted molar refractivity (Wildman–Crippen MR) is 107 cm³/mol. The van der Waals surface area contributed by atoms with Gasteiger partial charge in [-0.1, -0.05) is 29.8 Å². The molecule has 0 aliphatic carbocycles. The summed E-state index contributed by atoms with van der Waals surface area (Å²) >= 11 is 6.31. The topological polar surface area (TPSA) is 74.8 Å². The average molecular weight is 383 g/mol. The van der Waals surface area contributed by atoms with Crippen LogP contribution in [0.4, 0.5) is 0 Å². The van der Waals surface area contributed by atoms with E-state index in [1.807, 2.05) is 38.1 Å². The number of nitrogens with one attached hydrogen (secondary N) is 1. The van der Waals surface area contributed by atoms with Crippen LogP contribution in [-0.4, -0.2) is 10.8 Å². The first-order valence-electron chi connectivity index (χ1n) is 8.72. The third-order valence-electron chi connectivity index (χ3n) is 5.23. The summed E-state index contributed by atoms with van der Waals surface area (Å²) in [6.45, 7) is 5.38. The quantitative estimate of drug-likeness (QED) is 0.639. The van der Waals surface area contributed by atoms with Gasteiger partial charge in [-0.25, -0.2) is 4.79 Å². The number of phenolic OH excluding ortho intramolecular Hbond substituents is 1. The van der Waals surface area contributed by atoms with Crippen molar-refractivity contribution < 1.29 is 9.52 Å². The number of aryl methyl sites for hydroxylation is 2. The Kier molecular flexibility index (Phi) is 4.19. The van der Waals surface area contributed by atoms with Crippen LogP contribution < -0.4 is 11.1 Å². The van der Waals surface area contributed by atoms with Gasteiger partial charge < -0.3 is 14.9 Å². The lowest BCUT2D eigenvalue weighted by molar-refractivity contribution is 0.476. The number of aromatic hydroxyl groups is 1. The fraction of sp³-hybridized carbons (Fsp3) is 0.238. The molecule has 1 aliphatic heterocycles. The van der Waals surface area contributed by atoms with Gasteiger partial charge in [0.2, 0.25) is 0 Å². The molecule has 0 spiro atoms. The Balaban J connectivity index is 1.81. The van der Waals surface area contributed by atoms with E-state index >= 15 is 0 Å². The van der Waals surface area contributed by atoms with Gasteiger partial charge >= 0.3 is 5.63 Å². The minimum atomic E-state index is -0.384. The van der Waals surface area contributed by atoms with Crippen molar-refractivity contribution in [3.8, 4) is 5.75 Å². The zero-order chi connectivity index (χ0) is 19.3. The standard InChI is InChI=1S/C21H19ClN2O3/c1-10-8-17-19(11(2)12(3)21(26)27-17)20(25)18(10)16-9-15(23-24-16)13-6-4-5-7-14(13)22/h4-8,15,23,25H,9H2,1-3H3/t15-/m0/s1. The van der Waals surface area contributed by atoms with Crippen molar-refractivity contribution >= 4 is 28.3 Å². The van der Waals surface area contributed by atoms with Gasteiger partial charge in [0.15, 0.2) is 0 Å². The number of fused-ring (bicyclic) bond motifs is 1. The van der Waals surface area contributed by atoms with Gasteiger partial charge in [-0.15, -0.1) is 0 Å². The van der Waals surface area contributed by atoms with E-state index in [1.165, 1.54) is 0 Å². The van der Waals surface area contributed by atoms with Gasteiger partial charge in [-0.05, 0) is 49.6 Å². The maximum atomic E-state index is 12.0. The zero-order valence-electron chi connectivity index (χ0n) is 15.3. The van der Waals surface area contributed by atoms with Crippen LogP contribution in [0.15, 0.2) is 44.6 Å². The molecule has 2 aromatic carbocycles. The highest BCUT2D eigenvalue weighted by Gasteiger charge is 2.27. The molecule has 0 amide bonds. The number of hydrazone groups is 1. The molecule has 4 rings (SSSR count). The minimum Gasteiger partial charge on any atom is -0.506 e. The van der Waals surface area contributed by atoms with Crippen LogP contribution in [0.5, 0.6) is 5.75 Å². The summed E-state index contributed by atoms with van der Waals surface area (Å²) in [6.07, 6.45) is 0.596. The summed E-state index contributed by atoms with van der Waals surface area (Å²) in [5.41, 5.74) is 7.51. The molecule has 0 radical (unpaired) electrons. The lowest BCUT2D eigenvalue weighted by Gasteiger charge is -2.14. The second-order valence-corrected chi connectivity index (χ2v) is 7.30. The minimum absolute atomic E-state index is 0.0558. The van der Waals surface area contributed by atoms with Crippen molar-refractivity contribution in [2.75, 3.05) is 0 Å². The van der Waals surface area contributed by atoms with Gasteiger partial charge in [0.05, 0.1) is 17.1 Å². The van der Waals surface area contributed by atoms with Gasteiger partial charge in [-0.3, -0.25) is 0 Å². The molecule has 1 aromatic heterocycles. The normalized spacial score (nSPS) is 16.4. The molecule has 0 saturated heterocycles. The second-order valence-electron chi connectivity index (χ2n) is 6.90. The first kappa shape index (κ1) is 17.6. The first-order valence-corrected chi connectivity index (χ1v) is 9.09. The summed E-state index contributed by atoms with van der Waals surface area (Å²) in [5.74, 6) is 0.0923. The Labute approximate surface area is 161 Å². The van der Waals surface area contributed by atoms with Gasteiger partial charge in [-0.2, -0.15) is 5.10 Å². The van der Waals surface area contributed by atoms with Crippen LogP contribution in [0.2, 0.25) is 5.02 Å². The molecular formula is C21H19ClN2O3. The van der Waals surface area contributed by atoms with Crippen molar-refractivity contribution in [3.05, 3.63) is 73.6 Å². The molecule has 1 aliphatic rings. The van der Waals surface area contributed by atoms with Gasteiger partial charge in [0, 0.05) is 22.6 Å². The lowest BCUT2D eigenvalue weighted by atomic mass is 9.93. The molecule has 0 unspecified atom stereocenters. The molecule has 0 saturated carbocycles. The van der Waals surface area contributed by atoms with Gasteiger partial charge in [0.1, 0.15) is 11.3 Å². The summed E-state index contributed by atoms with van der Waals surface area (Å²) < 4.78 is 5.37. The number of benzene rings is 2. The third-order valence-corrected chi connectivity index (χ3v) is 5.57. The molecule has 0 bridgehead atoms. The summed E-state index contributed by atoms with van der Waals surface area (Å²) in [5, 5.41) is 16.7. The fourth-order valence-electron chi connectivity index (χ4n) is 3.63. The molecular weight excluding hydrogens is 364 g/mol. The van der Waals surface area contributed by atoms with Crippen LogP contribution in [0, 0.1) is 20.8 Å². The zero-order valence-corrected chi connectivity index (χ0v) is 16.0. The molecule has 6 heteroatoms. The Morgan fingerprint density at radius 1 is 1.22 bits per heavy atom. The number of nitrogens with zero attached hydrogens (tertiary/aromatic N) is 1. The van der Waals surface area contributed by atoms with E-state index in [2.05, 4.69) is 10.5 Å². The molecule has 2 N–H and O–H groups in total. The van der Waals surface area contributed by atoms with E-state index in [-0.39, 0.29) is 17.4 Å². The van der Waals surface area contributed by atoms with E-state index in [4.69, 9.17) is 16.0 Å².